The van der Waals surface area contributed by atoms with Crippen LogP contribution in [0.2, 0.25) is 0 Å². The van der Waals surface area contributed by atoms with Crippen LogP contribution < -0.4 is 16.2 Å². The fraction of sp³-hybridized carbons (Fsp3) is 0.286. The fourth-order valence-electron chi connectivity index (χ4n) is 1.98. The number of hydrogen-bond donors (Lipinski definition) is 3. The van der Waals surface area contributed by atoms with E-state index in [1.807, 2.05) is 39.0 Å². The zero-order valence-electron chi connectivity index (χ0n) is 12.0. The van der Waals surface area contributed by atoms with Crippen molar-refractivity contribution >= 4 is 34.6 Å². The van der Waals surface area contributed by atoms with E-state index < -0.39 is 0 Å². The summed E-state index contributed by atoms with van der Waals surface area (Å²) in [6, 6.07) is 5.69. The van der Waals surface area contributed by atoms with Crippen LogP contribution in [0.4, 0.5) is 10.5 Å². The molecule has 0 saturated carbocycles. The Morgan fingerprint density at radius 3 is 2.85 bits per heavy atom. The van der Waals surface area contributed by atoms with Crippen molar-refractivity contribution in [1.82, 2.24) is 15.9 Å². The number of hydrogen-bond acceptors (Lipinski definition) is 4. The molecule has 6 heteroatoms. The largest absolute Gasteiger partial charge is 0.344 e. The number of amides is 2. The normalized spacial score (nSPS) is 9.95. The van der Waals surface area contributed by atoms with E-state index in [1.165, 1.54) is 11.9 Å². The molecule has 1 aromatic heterocycles. The minimum Gasteiger partial charge on any atom is -0.344 e. The molecular weight excluding hydrogens is 272 g/mol. The first kappa shape index (κ1) is 16.3. The van der Waals surface area contributed by atoms with Crippen molar-refractivity contribution in [3.8, 4) is 0 Å². The van der Waals surface area contributed by atoms with Crippen LogP contribution in [0.1, 0.15) is 18.1 Å². The molecule has 5 nitrogen and oxygen atoms in total. The number of aromatic nitrogens is 1. The van der Waals surface area contributed by atoms with Crippen LogP contribution >= 0.6 is 11.9 Å². The van der Waals surface area contributed by atoms with Crippen molar-refractivity contribution in [3.05, 3.63) is 35.5 Å². The monoisotopic (exact) mass is 292 g/mol. The molecule has 2 rings (SSSR count). The summed E-state index contributed by atoms with van der Waals surface area (Å²) in [5.74, 6) is 0.840. The lowest BCUT2D eigenvalue weighted by Gasteiger charge is -2.13. The summed E-state index contributed by atoms with van der Waals surface area (Å²) >= 11 is 1.37. The van der Waals surface area contributed by atoms with Gasteiger partial charge in [-0.25, -0.2) is 4.79 Å². The van der Waals surface area contributed by atoms with Crippen molar-refractivity contribution in [2.24, 2.45) is 0 Å². The highest BCUT2D eigenvalue weighted by Gasteiger charge is 2.09. The Morgan fingerprint density at radius 2 is 2.15 bits per heavy atom. The van der Waals surface area contributed by atoms with E-state index in [-0.39, 0.29) is 12.2 Å². The minimum absolute atomic E-state index is 0. The first-order valence-corrected chi connectivity index (χ1v) is 7.15. The Kier molecular flexibility index (Phi) is 5.79. The number of carbonyl (C=O) groups is 1. The van der Waals surface area contributed by atoms with Gasteiger partial charge in [-0.1, -0.05) is 13.0 Å². The van der Waals surface area contributed by atoms with E-state index in [9.17, 15) is 4.79 Å². The third kappa shape index (κ3) is 3.40. The average Bonchev–Trinajstić information content (AvgIpc) is 2.42. The third-order valence-corrected chi connectivity index (χ3v) is 3.53. The van der Waals surface area contributed by atoms with E-state index in [2.05, 4.69) is 15.0 Å². The smallest absolute Gasteiger partial charge is 0.329 e. The van der Waals surface area contributed by atoms with Gasteiger partial charge in [0.05, 0.1) is 5.52 Å². The third-order valence-electron chi connectivity index (χ3n) is 2.91. The number of fused-ring (bicyclic) bond motifs is 1. The number of rotatable bonds is 3. The van der Waals surface area contributed by atoms with Gasteiger partial charge in [0.15, 0.2) is 0 Å². The summed E-state index contributed by atoms with van der Waals surface area (Å²) < 4.78 is 2.73. The highest BCUT2D eigenvalue weighted by atomic mass is 32.2. The maximum Gasteiger partial charge on any atom is 0.329 e. The van der Waals surface area contributed by atoms with Gasteiger partial charge in [-0.2, -0.15) is 0 Å². The van der Waals surface area contributed by atoms with Gasteiger partial charge in [0, 0.05) is 23.0 Å². The van der Waals surface area contributed by atoms with Gasteiger partial charge in [-0.3, -0.25) is 9.71 Å². The van der Waals surface area contributed by atoms with E-state index >= 15 is 0 Å². The van der Waals surface area contributed by atoms with Crippen LogP contribution in [-0.4, -0.2) is 16.8 Å². The summed E-state index contributed by atoms with van der Waals surface area (Å²) in [5, 5.41) is 3.95. The molecule has 2 aromatic rings. The molecule has 0 aliphatic heterocycles. The number of nitrogens with zero attached hydrogens (tertiary/aromatic N) is 1. The molecule has 2 amide bonds. The molecule has 20 heavy (non-hydrogen) atoms. The standard InChI is InChI=1S/C14H17N3OS.H3N/c1-4-19-17-14(18)16-12-8-9(2)13-11(10(12)3)6-5-7-15-13;/h5-8H,4H2,1-3H3,(H2,16,17,18);1H3. The number of urea groups is 1. The summed E-state index contributed by atoms with van der Waals surface area (Å²) in [6.45, 7) is 5.98. The van der Waals surface area contributed by atoms with Crippen LogP contribution in [0.5, 0.6) is 0 Å². The van der Waals surface area contributed by atoms with Crippen molar-refractivity contribution in [2.45, 2.75) is 20.8 Å². The zero-order chi connectivity index (χ0) is 13.8. The number of pyridine rings is 1. The molecule has 0 unspecified atom stereocenters. The lowest BCUT2D eigenvalue weighted by molar-refractivity contribution is 0.257. The molecular formula is C14H20N4OS. The Hall–Kier alpha value is -1.79. The number of aryl methyl sites for hydroxylation is 2. The second-order valence-corrected chi connectivity index (χ2v) is 5.32. The molecule has 0 aliphatic carbocycles. The van der Waals surface area contributed by atoms with Crippen LogP contribution in [0.3, 0.4) is 0 Å². The van der Waals surface area contributed by atoms with Crippen LogP contribution in [0.15, 0.2) is 24.4 Å². The molecule has 0 saturated heterocycles. The SMILES string of the molecule is CCSNC(=O)Nc1cc(C)c2ncccc2c1C.N. The van der Waals surface area contributed by atoms with Gasteiger partial charge in [0.25, 0.3) is 0 Å². The van der Waals surface area contributed by atoms with E-state index in [4.69, 9.17) is 0 Å². The first-order chi connectivity index (χ1) is 9.13. The number of nitrogens with one attached hydrogen (secondary N) is 2. The molecule has 0 spiro atoms. The van der Waals surface area contributed by atoms with Gasteiger partial charge in [-0.15, -0.1) is 0 Å². The molecule has 108 valence electrons. The highest BCUT2D eigenvalue weighted by Crippen LogP contribution is 2.27. The van der Waals surface area contributed by atoms with Crippen molar-refractivity contribution in [3.63, 3.8) is 0 Å². The second kappa shape index (κ2) is 7.12. The van der Waals surface area contributed by atoms with Gasteiger partial charge in [-0.05, 0) is 49.1 Å². The molecule has 0 atom stereocenters. The summed E-state index contributed by atoms with van der Waals surface area (Å²) in [6.07, 6.45) is 1.78. The zero-order valence-corrected chi connectivity index (χ0v) is 12.8. The average molecular weight is 292 g/mol. The maximum absolute atomic E-state index is 11.7. The summed E-state index contributed by atoms with van der Waals surface area (Å²) in [5.41, 5.74) is 3.89. The lowest BCUT2D eigenvalue weighted by atomic mass is 10.0. The van der Waals surface area contributed by atoms with Crippen LogP contribution in [-0.2, 0) is 0 Å². The highest BCUT2D eigenvalue weighted by molar-refractivity contribution is 7.97. The topological polar surface area (TPSA) is 89.0 Å². The Bertz CT molecular complexity index is 615. The molecule has 0 aliphatic rings. The fourth-order valence-corrected chi connectivity index (χ4v) is 2.30. The molecule has 0 bridgehead atoms. The minimum atomic E-state index is -0.197. The van der Waals surface area contributed by atoms with E-state index in [1.54, 1.807) is 6.20 Å². The lowest BCUT2D eigenvalue weighted by Crippen LogP contribution is -2.23. The van der Waals surface area contributed by atoms with E-state index in [0.29, 0.717) is 0 Å². The first-order valence-electron chi connectivity index (χ1n) is 6.17. The molecule has 0 fully saturated rings. The van der Waals surface area contributed by atoms with Crippen LogP contribution in [0.25, 0.3) is 10.9 Å². The van der Waals surface area contributed by atoms with Gasteiger partial charge >= 0.3 is 6.03 Å². The molecule has 0 radical (unpaired) electrons. The number of anilines is 1. The predicted molar refractivity (Wildman–Crippen MR) is 86.5 cm³/mol. The van der Waals surface area contributed by atoms with E-state index in [0.717, 1.165) is 33.5 Å². The van der Waals surface area contributed by atoms with Gasteiger partial charge in [0.2, 0.25) is 0 Å². The van der Waals surface area contributed by atoms with Gasteiger partial charge in [0.1, 0.15) is 0 Å². The van der Waals surface area contributed by atoms with Crippen molar-refractivity contribution in [2.75, 3.05) is 11.1 Å². The quantitative estimate of drug-likeness (QED) is 0.751. The van der Waals surface area contributed by atoms with Gasteiger partial charge < -0.3 is 11.5 Å². The molecule has 5 N–H and O–H groups in total. The van der Waals surface area contributed by atoms with Crippen molar-refractivity contribution in [1.29, 1.82) is 0 Å². The summed E-state index contributed by atoms with van der Waals surface area (Å²) in [4.78, 5) is 16.1. The Balaban J connectivity index is 0.00000200. The maximum atomic E-state index is 11.7. The molecule has 1 aromatic carbocycles. The Morgan fingerprint density at radius 1 is 1.40 bits per heavy atom. The number of benzene rings is 1. The number of carbonyl (C=O) groups excluding carboxylic acids is 1. The predicted octanol–water partition coefficient (Wildman–Crippen LogP) is 3.80. The second-order valence-electron chi connectivity index (χ2n) is 4.25. The van der Waals surface area contributed by atoms with Crippen molar-refractivity contribution < 1.29 is 4.79 Å². The Labute approximate surface area is 123 Å². The van der Waals surface area contributed by atoms with Crippen LogP contribution in [0, 0.1) is 13.8 Å². The molecule has 1 heterocycles. The summed E-state index contributed by atoms with van der Waals surface area (Å²) in [7, 11) is 0.